The molecule has 2 nitrogen and oxygen atoms in total. The predicted octanol–water partition coefficient (Wildman–Crippen LogP) is 6.42. The van der Waals surface area contributed by atoms with E-state index < -0.39 is 0 Å². The minimum absolute atomic E-state index is 0.266. The fourth-order valence-electron chi connectivity index (χ4n) is 3.77. The van der Waals surface area contributed by atoms with Gasteiger partial charge in [-0.2, -0.15) is 0 Å². The van der Waals surface area contributed by atoms with Gasteiger partial charge in [-0.25, -0.2) is 4.79 Å². The number of hydrogen-bond donors (Lipinski definition) is 0. The molecule has 2 unspecified atom stereocenters. The Labute approximate surface area is 156 Å². The van der Waals surface area contributed by atoms with Crippen LogP contribution < -0.4 is 0 Å². The summed E-state index contributed by atoms with van der Waals surface area (Å²) < 4.78 is 5.04. The summed E-state index contributed by atoms with van der Waals surface area (Å²) in [5, 5.41) is 0. The van der Waals surface area contributed by atoms with E-state index >= 15 is 0 Å². The monoisotopic (exact) mass is 348 g/mol. The van der Waals surface area contributed by atoms with Crippen LogP contribution in [0.5, 0.6) is 0 Å². The molecule has 1 aliphatic carbocycles. The predicted molar refractivity (Wildman–Crippen MR) is 108 cm³/mol. The van der Waals surface area contributed by atoms with Crippen molar-refractivity contribution in [3.63, 3.8) is 0 Å². The first-order chi connectivity index (χ1) is 12.5. The highest BCUT2D eigenvalue weighted by Gasteiger charge is 2.22. The van der Waals surface area contributed by atoms with E-state index in [0.717, 1.165) is 5.56 Å². The number of ether oxygens (including phenoxy) is 1. The van der Waals surface area contributed by atoms with Gasteiger partial charge >= 0.3 is 5.97 Å². The average Bonchev–Trinajstić information content (AvgIpc) is 2.65. The van der Waals surface area contributed by atoms with Crippen LogP contribution in [0, 0.1) is 0 Å². The third kappa shape index (κ3) is 3.90. The second-order valence-corrected chi connectivity index (χ2v) is 7.39. The van der Waals surface area contributed by atoms with E-state index in [4.69, 9.17) is 4.74 Å². The Hall–Kier alpha value is -2.35. The van der Waals surface area contributed by atoms with Gasteiger partial charge in [0.05, 0.1) is 12.2 Å². The molecule has 0 spiro atoms. The first-order valence-electron chi connectivity index (χ1n) is 9.59. The van der Waals surface area contributed by atoms with Crippen LogP contribution in [0.25, 0.3) is 11.6 Å². The number of allylic oxidation sites excluding steroid dienone is 1. The zero-order valence-corrected chi connectivity index (χ0v) is 16.2. The Kier molecular flexibility index (Phi) is 5.61. The maximum atomic E-state index is 11.8. The molecule has 0 aliphatic heterocycles. The topological polar surface area (TPSA) is 26.3 Å². The number of hydrogen-bond acceptors (Lipinski definition) is 2. The van der Waals surface area contributed by atoms with E-state index in [-0.39, 0.29) is 5.97 Å². The highest BCUT2D eigenvalue weighted by molar-refractivity contribution is 5.90. The van der Waals surface area contributed by atoms with Crippen LogP contribution in [0.2, 0.25) is 0 Å². The first-order valence-corrected chi connectivity index (χ1v) is 9.59. The summed E-state index contributed by atoms with van der Waals surface area (Å²) in [6.07, 6.45) is 4.73. The smallest absolute Gasteiger partial charge is 0.338 e. The van der Waals surface area contributed by atoms with E-state index in [1.807, 2.05) is 31.2 Å². The van der Waals surface area contributed by atoms with E-state index in [1.165, 1.54) is 35.1 Å². The van der Waals surface area contributed by atoms with Crippen LogP contribution in [-0.2, 0) is 4.74 Å². The normalized spacial score (nSPS) is 19.8. The molecular formula is C24H28O2. The molecule has 0 bridgehead atoms. The Bertz CT molecular complexity index is 815. The van der Waals surface area contributed by atoms with Crippen molar-refractivity contribution in [2.24, 2.45) is 0 Å². The molecule has 2 heteroatoms. The second kappa shape index (κ2) is 7.90. The van der Waals surface area contributed by atoms with Gasteiger partial charge in [-0.15, -0.1) is 0 Å². The van der Waals surface area contributed by atoms with Gasteiger partial charge in [-0.3, -0.25) is 0 Å². The molecule has 136 valence electrons. The molecular weight excluding hydrogens is 320 g/mol. The van der Waals surface area contributed by atoms with Gasteiger partial charge in [0, 0.05) is 0 Å². The molecule has 0 saturated heterocycles. The molecule has 2 atom stereocenters. The van der Waals surface area contributed by atoms with Crippen molar-refractivity contribution in [3.8, 4) is 0 Å². The van der Waals surface area contributed by atoms with Crippen molar-refractivity contribution in [2.45, 2.75) is 52.4 Å². The molecule has 2 aromatic rings. The number of carbonyl (C=O) groups excluding carboxylic acids is 1. The zero-order chi connectivity index (χ0) is 18.7. The first kappa shape index (κ1) is 18.4. The fourth-order valence-corrected chi connectivity index (χ4v) is 3.77. The van der Waals surface area contributed by atoms with Crippen molar-refractivity contribution in [1.29, 1.82) is 0 Å². The van der Waals surface area contributed by atoms with Gasteiger partial charge < -0.3 is 4.74 Å². The maximum Gasteiger partial charge on any atom is 0.338 e. The van der Waals surface area contributed by atoms with Crippen molar-refractivity contribution in [3.05, 3.63) is 70.3 Å². The molecule has 0 saturated carbocycles. The molecule has 0 fully saturated rings. The van der Waals surface area contributed by atoms with E-state index in [2.05, 4.69) is 45.0 Å². The summed E-state index contributed by atoms with van der Waals surface area (Å²) in [5.74, 6) is 1.03. The maximum absolute atomic E-state index is 11.8. The highest BCUT2D eigenvalue weighted by atomic mass is 16.5. The molecule has 0 amide bonds. The van der Waals surface area contributed by atoms with Crippen molar-refractivity contribution < 1.29 is 9.53 Å². The molecule has 0 aromatic heterocycles. The lowest BCUT2D eigenvalue weighted by molar-refractivity contribution is 0.0526. The standard InChI is InChI=1S/C24H28O2/c1-5-26-24(25)20-10-8-19(9-11-20)14-18(4)21-12-13-22-16(2)6-7-17(3)23(22)15-21/h8-17H,5-7H2,1-4H3/b18-14+. The molecule has 0 heterocycles. The SMILES string of the molecule is CCOC(=O)c1ccc(/C=C(\C)c2ccc3c(c2)C(C)CCC3C)cc1. The van der Waals surface area contributed by atoms with Gasteiger partial charge in [0.25, 0.3) is 0 Å². The summed E-state index contributed by atoms with van der Waals surface area (Å²) in [7, 11) is 0. The van der Waals surface area contributed by atoms with E-state index in [9.17, 15) is 4.79 Å². The van der Waals surface area contributed by atoms with Crippen LogP contribution in [0.4, 0.5) is 0 Å². The number of esters is 1. The van der Waals surface area contributed by atoms with Crippen molar-refractivity contribution in [1.82, 2.24) is 0 Å². The Balaban J connectivity index is 1.84. The Morgan fingerprint density at radius 3 is 2.27 bits per heavy atom. The zero-order valence-electron chi connectivity index (χ0n) is 16.2. The second-order valence-electron chi connectivity index (χ2n) is 7.39. The Morgan fingerprint density at radius 1 is 1.00 bits per heavy atom. The van der Waals surface area contributed by atoms with Crippen molar-refractivity contribution in [2.75, 3.05) is 6.61 Å². The molecule has 3 rings (SSSR count). The summed E-state index contributed by atoms with van der Waals surface area (Å²) in [5.41, 5.74) is 7.22. The quantitative estimate of drug-likeness (QED) is 0.470. The average molecular weight is 348 g/mol. The lowest BCUT2D eigenvalue weighted by Gasteiger charge is -2.28. The van der Waals surface area contributed by atoms with Crippen LogP contribution in [0.3, 0.4) is 0 Å². The van der Waals surface area contributed by atoms with Crippen LogP contribution >= 0.6 is 0 Å². The van der Waals surface area contributed by atoms with Gasteiger partial charge in [-0.05, 0) is 78.5 Å². The lowest BCUT2D eigenvalue weighted by Crippen LogP contribution is -2.10. The molecule has 26 heavy (non-hydrogen) atoms. The fraction of sp³-hybridized carbons (Fsp3) is 0.375. The molecule has 1 aliphatic rings. The number of carbonyl (C=O) groups is 1. The third-order valence-corrected chi connectivity index (χ3v) is 5.44. The highest BCUT2D eigenvalue weighted by Crippen LogP contribution is 2.39. The summed E-state index contributed by atoms with van der Waals surface area (Å²) in [4.78, 5) is 11.8. The molecule has 0 N–H and O–H groups in total. The number of fused-ring (bicyclic) bond motifs is 1. The number of benzene rings is 2. The lowest BCUT2D eigenvalue weighted by atomic mass is 9.77. The van der Waals surface area contributed by atoms with Gasteiger partial charge in [0.2, 0.25) is 0 Å². The van der Waals surface area contributed by atoms with Gasteiger partial charge in [0.15, 0.2) is 0 Å². The minimum atomic E-state index is -0.266. The van der Waals surface area contributed by atoms with Gasteiger partial charge in [0.1, 0.15) is 0 Å². The summed E-state index contributed by atoms with van der Waals surface area (Å²) >= 11 is 0. The van der Waals surface area contributed by atoms with E-state index in [0.29, 0.717) is 24.0 Å². The van der Waals surface area contributed by atoms with Crippen LogP contribution in [0.15, 0.2) is 42.5 Å². The van der Waals surface area contributed by atoms with Crippen LogP contribution in [-0.4, -0.2) is 12.6 Å². The van der Waals surface area contributed by atoms with Crippen LogP contribution in [0.1, 0.15) is 85.0 Å². The van der Waals surface area contributed by atoms with E-state index in [1.54, 1.807) is 0 Å². The van der Waals surface area contributed by atoms with Gasteiger partial charge in [-0.1, -0.05) is 50.3 Å². The Morgan fingerprint density at radius 2 is 1.62 bits per heavy atom. The number of rotatable bonds is 4. The third-order valence-electron chi connectivity index (χ3n) is 5.44. The molecule has 2 aromatic carbocycles. The molecule has 0 radical (unpaired) electrons. The minimum Gasteiger partial charge on any atom is -0.462 e. The largest absolute Gasteiger partial charge is 0.462 e. The van der Waals surface area contributed by atoms with Crippen molar-refractivity contribution >= 4 is 17.6 Å². The summed E-state index contributed by atoms with van der Waals surface area (Å²) in [6.45, 7) is 9.03. The summed E-state index contributed by atoms with van der Waals surface area (Å²) in [6, 6.07) is 14.5.